The number of amides is 2. The van der Waals surface area contributed by atoms with Crippen molar-refractivity contribution in [1.82, 2.24) is 9.62 Å². The number of hydrogen-bond acceptors (Lipinski definition) is 6. The molecule has 29 heavy (non-hydrogen) atoms. The van der Waals surface area contributed by atoms with Gasteiger partial charge in [-0.1, -0.05) is 30.3 Å². The number of halogens is 1. The van der Waals surface area contributed by atoms with E-state index in [0.717, 1.165) is 16.7 Å². The summed E-state index contributed by atoms with van der Waals surface area (Å²) >= 11 is 0.728. The number of hydrogen-bond donors (Lipinski definition) is 1. The van der Waals surface area contributed by atoms with Crippen LogP contribution in [-0.4, -0.2) is 43.4 Å². The zero-order valence-electron chi connectivity index (χ0n) is 14.8. The number of fused-ring (bicyclic) bond motifs is 1. The molecule has 2 amide bonds. The summed E-state index contributed by atoms with van der Waals surface area (Å²) in [6, 6.07) is 12.4. The van der Waals surface area contributed by atoms with Gasteiger partial charge < -0.3 is 0 Å². The number of nitrogens with one attached hydrogen (secondary N) is 1. The number of carbonyl (C=O) groups is 2. The Labute approximate surface area is 170 Å². The first-order valence-corrected chi connectivity index (χ1v) is 10.8. The van der Waals surface area contributed by atoms with Crippen LogP contribution < -0.4 is 4.72 Å². The quantitative estimate of drug-likeness (QED) is 0.751. The minimum Gasteiger partial charge on any atom is -0.268 e. The highest BCUT2D eigenvalue weighted by Crippen LogP contribution is 2.32. The molecule has 4 rings (SSSR count). The molecular formula is C19H14FN3O4S2. The van der Waals surface area contributed by atoms with Crippen molar-refractivity contribution < 1.29 is 22.4 Å². The van der Waals surface area contributed by atoms with Crippen molar-refractivity contribution >= 4 is 44.8 Å². The lowest BCUT2D eigenvalue weighted by Gasteiger charge is -2.10. The van der Waals surface area contributed by atoms with Crippen molar-refractivity contribution in [3.63, 3.8) is 0 Å². The predicted molar refractivity (Wildman–Crippen MR) is 107 cm³/mol. The summed E-state index contributed by atoms with van der Waals surface area (Å²) in [4.78, 5) is 30.1. The van der Waals surface area contributed by atoms with E-state index in [0.29, 0.717) is 5.56 Å². The molecule has 7 nitrogen and oxygen atoms in total. The van der Waals surface area contributed by atoms with Crippen molar-refractivity contribution in [2.75, 3.05) is 13.1 Å². The molecule has 10 heteroatoms. The lowest BCUT2D eigenvalue weighted by molar-refractivity contribution is -0.122. The molecule has 0 unspecified atom stereocenters. The Morgan fingerprint density at radius 3 is 2.62 bits per heavy atom. The molecule has 1 fully saturated rings. The third-order valence-electron chi connectivity index (χ3n) is 4.32. The zero-order chi connectivity index (χ0) is 20.6. The second-order valence-electron chi connectivity index (χ2n) is 6.19. The van der Waals surface area contributed by atoms with Crippen LogP contribution in [0, 0.1) is 5.82 Å². The van der Waals surface area contributed by atoms with E-state index in [1.54, 1.807) is 24.3 Å². The maximum atomic E-state index is 13.8. The molecule has 2 aromatic carbocycles. The Bertz CT molecular complexity index is 1190. The van der Waals surface area contributed by atoms with Gasteiger partial charge >= 0.3 is 0 Å². The summed E-state index contributed by atoms with van der Waals surface area (Å²) in [5.41, 5.74) is 0.663. The summed E-state index contributed by atoms with van der Waals surface area (Å²) in [5.74, 6) is -0.844. The predicted octanol–water partition coefficient (Wildman–Crippen LogP) is 2.60. The standard InChI is InChI=1S/C19H14FN3O4S2/c20-14-7-3-1-5-12(14)11-15-18(24)23(19(25)28-15)10-9-21-17-13-6-2-4-8-16(13)29(26,27)22-17/h1-8,11H,9-10H2,(H,21,22)/b15-11-. The van der Waals surface area contributed by atoms with Gasteiger partial charge in [0.15, 0.2) is 0 Å². The second-order valence-corrected chi connectivity index (χ2v) is 8.83. The van der Waals surface area contributed by atoms with Crippen LogP contribution in [0.4, 0.5) is 9.18 Å². The van der Waals surface area contributed by atoms with Crippen LogP contribution >= 0.6 is 11.8 Å². The Morgan fingerprint density at radius 1 is 1.10 bits per heavy atom. The highest BCUT2D eigenvalue weighted by molar-refractivity contribution is 8.18. The second kappa shape index (κ2) is 7.45. The molecule has 0 aromatic heterocycles. The SMILES string of the molecule is O=C1S/C(=C\c2ccccc2F)C(=O)N1CCN=C1NS(=O)(=O)c2ccccc21. The molecule has 1 N–H and O–H groups in total. The molecule has 0 atom stereocenters. The van der Waals surface area contributed by atoms with Gasteiger partial charge in [0.25, 0.3) is 21.2 Å². The third-order valence-corrected chi connectivity index (χ3v) is 6.63. The van der Waals surface area contributed by atoms with Gasteiger partial charge in [-0.2, -0.15) is 0 Å². The first-order valence-electron chi connectivity index (χ1n) is 8.53. The number of aliphatic imine (C=N–C) groups is 1. The normalized spacial score (nSPS) is 20.4. The van der Waals surface area contributed by atoms with Crippen molar-refractivity contribution in [3.8, 4) is 0 Å². The van der Waals surface area contributed by atoms with E-state index in [1.807, 2.05) is 0 Å². The summed E-state index contributed by atoms with van der Waals surface area (Å²) in [7, 11) is -3.65. The fourth-order valence-electron chi connectivity index (χ4n) is 2.94. The van der Waals surface area contributed by atoms with E-state index >= 15 is 0 Å². The highest BCUT2D eigenvalue weighted by Gasteiger charge is 2.35. The summed E-state index contributed by atoms with van der Waals surface area (Å²) in [5, 5.41) is -0.481. The molecule has 2 aromatic rings. The maximum Gasteiger partial charge on any atom is 0.293 e. The number of rotatable bonds is 4. The molecule has 1 saturated heterocycles. The van der Waals surface area contributed by atoms with E-state index in [2.05, 4.69) is 9.71 Å². The molecule has 0 aliphatic carbocycles. The lowest BCUT2D eigenvalue weighted by atomic mass is 10.2. The Balaban J connectivity index is 1.49. The lowest BCUT2D eigenvalue weighted by Crippen LogP contribution is -2.31. The number of sulfonamides is 1. The van der Waals surface area contributed by atoms with Crippen LogP contribution in [0.5, 0.6) is 0 Å². The molecule has 2 aliphatic heterocycles. The monoisotopic (exact) mass is 431 g/mol. The fourth-order valence-corrected chi connectivity index (χ4v) is 5.05. The van der Waals surface area contributed by atoms with Gasteiger partial charge in [-0.3, -0.25) is 24.2 Å². The summed E-state index contributed by atoms with van der Waals surface area (Å²) in [6.45, 7) is 0.00385. The van der Waals surface area contributed by atoms with Gasteiger partial charge in [0.1, 0.15) is 11.7 Å². The van der Waals surface area contributed by atoms with Gasteiger partial charge in [-0.25, -0.2) is 12.8 Å². The number of nitrogens with zero attached hydrogens (tertiary/aromatic N) is 2. The average Bonchev–Trinajstić information content (AvgIpc) is 3.11. The van der Waals surface area contributed by atoms with Crippen LogP contribution in [0.3, 0.4) is 0 Å². The minimum absolute atomic E-state index is 0.0212. The van der Waals surface area contributed by atoms with Gasteiger partial charge in [0.05, 0.1) is 16.3 Å². The number of thioether (sulfide) groups is 1. The number of carbonyl (C=O) groups excluding carboxylic acids is 2. The van der Waals surface area contributed by atoms with Gasteiger partial charge in [-0.15, -0.1) is 0 Å². The van der Waals surface area contributed by atoms with Gasteiger partial charge in [0, 0.05) is 17.7 Å². The minimum atomic E-state index is -3.65. The first-order chi connectivity index (χ1) is 13.9. The average molecular weight is 431 g/mol. The van der Waals surface area contributed by atoms with Crippen molar-refractivity contribution in [2.45, 2.75) is 4.90 Å². The molecular weight excluding hydrogens is 417 g/mol. The van der Waals surface area contributed by atoms with E-state index in [1.165, 1.54) is 30.3 Å². The van der Waals surface area contributed by atoms with Crippen LogP contribution in [0.15, 0.2) is 63.3 Å². The first kappa shape index (κ1) is 19.3. The number of amidine groups is 1. The molecule has 0 saturated carbocycles. The molecule has 148 valence electrons. The Kier molecular flexibility index (Phi) is 4.97. The number of imide groups is 1. The van der Waals surface area contributed by atoms with Crippen LogP contribution in [0.25, 0.3) is 6.08 Å². The van der Waals surface area contributed by atoms with E-state index in [-0.39, 0.29) is 34.3 Å². The Morgan fingerprint density at radius 2 is 1.83 bits per heavy atom. The number of benzene rings is 2. The molecule has 2 heterocycles. The molecule has 0 spiro atoms. The van der Waals surface area contributed by atoms with Crippen LogP contribution in [-0.2, 0) is 14.8 Å². The third kappa shape index (κ3) is 3.68. The van der Waals surface area contributed by atoms with E-state index in [4.69, 9.17) is 0 Å². The Hall–Kier alpha value is -2.98. The van der Waals surface area contributed by atoms with Crippen molar-refractivity contribution in [2.24, 2.45) is 4.99 Å². The maximum absolute atomic E-state index is 13.8. The highest BCUT2D eigenvalue weighted by atomic mass is 32.2. The summed E-state index contributed by atoms with van der Waals surface area (Å²) in [6.07, 6.45) is 1.34. The van der Waals surface area contributed by atoms with E-state index < -0.39 is 27.0 Å². The molecule has 0 radical (unpaired) electrons. The topological polar surface area (TPSA) is 95.9 Å². The smallest absolute Gasteiger partial charge is 0.268 e. The van der Waals surface area contributed by atoms with Crippen molar-refractivity contribution in [3.05, 3.63) is 70.4 Å². The zero-order valence-corrected chi connectivity index (χ0v) is 16.5. The summed E-state index contributed by atoms with van der Waals surface area (Å²) < 4.78 is 40.3. The van der Waals surface area contributed by atoms with Crippen molar-refractivity contribution in [1.29, 1.82) is 0 Å². The van der Waals surface area contributed by atoms with Gasteiger partial charge in [0.2, 0.25) is 0 Å². The van der Waals surface area contributed by atoms with Crippen LogP contribution in [0.1, 0.15) is 11.1 Å². The largest absolute Gasteiger partial charge is 0.293 e. The van der Waals surface area contributed by atoms with Gasteiger partial charge in [-0.05, 0) is 36.0 Å². The fraction of sp³-hybridized carbons (Fsp3) is 0.105. The molecule has 2 aliphatic rings. The molecule has 0 bridgehead atoms. The van der Waals surface area contributed by atoms with Crippen LogP contribution in [0.2, 0.25) is 0 Å². The van der Waals surface area contributed by atoms with E-state index in [9.17, 15) is 22.4 Å².